The lowest BCUT2D eigenvalue weighted by Crippen LogP contribution is -2.49. The number of rotatable bonds is 6. The summed E-state index contributed by atoms with van der Waals surface area (Å²) in [6.07, 6.45) is 3.33. The van der Waals surface area contributed by atoms with Crippen LogP contribution in [0.2, 0.25) is 0 Å². The molecule has 2 aliphatic rings. The SMILES string of the molecule is Cc1cccc(N2CCN(C(=O)CCN(C3CC3)S(C)(=O)=O)CC2)c1. The van der Waals surface area contributed by atoms with Crippen molar-refractivity contribution in [1.82, 2.24) is 9.21 Å². The van der Waals surface area contributed by atoms with E-state index in [2.05, 4.69) is 36.1 Å². The molecule has 1 aliphatic carbocycles. The number of amides is 1. The van der Waals surface area contributed by atoms with Crippen molar-refractivity contribution in [2.75, 3.05) is 43.9 Å². The lowest BCUT2D eigenvalue weighted by molar-refractivity contribution is -0.131. The molecule has 0 spiro atoms. The van der Waals surface area contributed by atoms with E-state index in [0.717, 1.165) is 25.9 Å². The van der Waals surface area contributed by atoms with Crippen LogP contribution >= 0.6 is 0 Å². The topological polar surface area (TPSA) is 60.9 Å². The zero-order valence-corrected chi connectivity index (χ0v) is 15.8. The average Bonchev–Trinajstić information content (AvgIpc) is 3.38. The zero-order valence-electron chi connectivity index (χ0n) is 15.0. The lowest BCUT2D eigenvalue weighted by atomic mass is 10.2. The number of piperazine rings is 1. The molecule has 0 radical (unpaired) electrons. The third-order valence-corrected chi connectivity index (χ3v) is 6.26. The minimum absolute atomic E-state index is 0.0539. The summed E-state index contributed by atoms with van der Waals surface area (Å²) in [6, 6.07) is 8.51. The van der Waals surface area contributed by atoms with Crippen molar-refractivity contribution in [2.24, 2.45) is 0 Å². The number of anilines is 1. The number of sulfonamides is 1. The fourth-order valence-electron chi connectivity index (χ4n) is 3.38. The Hall–Kier alpha value is -1.60. The Morgan fingerprint density at radius 2 is 1.88 bits per heavy atom. The van der Waals surface area contributed by atoms with Gasteiger partial charge >= 0.3 is 0 Å². The normalized spacial score (nSPS) is 18.7. The standard InChI is InChI=1S/C18H27N3O3S/c1-15-4-3-5-17(14-15)19-10-12-20(13-11-19)18(22)8-9-21(16-6-7-16)25(2,23)24/h3-5,14,16H,6-13H2,1-2H3. The number of benzene rings is 1. The molecule has 1 aromatic rings. The number of carbonyl (C=O) groups is 1. The van der Waals surface area contributed by atoms with Gasteiger partial charge in [0.25, 0.3) is 0 Å². The first-order chi connectivity index (χ1) is 11.8. The van der Waals surface area contributed by atoms with Crippen molar-refractivity contribution in [2.45, 2.75) is 32.2 Å². The second-order valence-corrected chi connectivity index (χ2v) is 9.00. The van der Waals surface area contributed by atoms with Gasteiger partial charge in [-0.3, -0.25) is 4.79 Å². The van der Waals surface area contributed by atoms with E-state index in [-0.39, 0.29) is 18.4 Å². The second kappa shape index (κ2) is 7.33. The van der Waals surface area contributed by atoms with Crippen LogP contribution in [0.15, 0.2) is 24.3 Å². The summed E-state index contributed by atoms with van der Waals surface area (Å²) < 4.78 is 25.1. The van der Waals surface area contributed by atoms with E-state index >= 15 is 0 Å². The second-order valence-electron chi connectivity index (χ2n) is 7.06. The average molecular weight is 365 g/mol. The summed E-state index contributed by atoms with van der Waals surface area (Å²) in [5, 5.41) is 0. The molecule has 25 heavy (non-hydrogen) atoms. The van der Waals surface area contributed by atoms with Gasteiger partial charge in [0.15, 0.2) is 0 Å². The Morgan fingerprint density at radius 3 is 2.44 bits per heavy atom. The molecule has 6 nitrogen and oxygen atoms in total. The van der Waals surface area contributed by atoms with Gasteiger partial charge in [-0.25, -0.2) is 8.42 Å². The van der Waals surface area contributed by atoms with Crippen LogP contribution in [0, 0.1) is 6.92 Å². The molecular formula is C18H27N3O3S. The van der Waals surface area contributed by atoms with Gasteiger partial charge in [-0.1, -0.05) is 12.1 Å². The van der Waals surface area contributed by atoms with Crippen LogP contribution in [-0.2, 0) is 14.8 Å². The van der Waals surface area contributed by atoms with Crippen molar-refractivity contribution < 1.29 is 13.2 Å². The third kappa shape index (κ3) is 4.73. The molecule has 0 bridgehead atoms. The van der Waals surface area contributed by atoms with Gasteiger partial charge in [0.05, 0.1) is 6.26 Å². The van der Waals surface area contributed by atoms with Crippen LogP contribution in [0.3, 0.4) is 0 Å². The molecule has 1 aromatic carbocycles. The number of hydrogen-bond donors (Lipinski definition) is 0. The molecule has 0 N–H and O–H groups in total. The molecule has 2 fully saturated rings. The van der Waals surface area contributed by atoms with Gasteiger partial charge in [0.2, 0.25) is 15.9 Å². The summed E-state index contributed by atoms with van der Waals surface area (Å²) in [6.45, 7) is 5.39. The maximum absolute atomic E-state index is 12.5. The molecule has 1 saturated heterocycles. The highest BCUT2D eigenvalue weighted by Crippen LogP contribution is 2.29. The van der Waals surface area contributed by atoms with Crippen LogP contribution in [0.25, 0.3) is 0 Å². The molecule has 0 aromatic heterocycles. The quantitative estimate of drug-likeness (QED) is 0.766. The van der Waals surface area contributed by atoms with Gasteiger partial charge in [0.1, 0.15) is 0 Å². The van der Waals surface area contributed by atoms with Crippen LogP contribution in [0.5, 0.6) is 0 Å². The van der Waals surface area contributed by atoms with Crippen LogP contribution in [0.4, 0.5) is 5.69 Å². The Labute approximate surface area is 150 Å². The molecule has 3 rings (SSSR count). The summed E-state index contributed by atoms with van der Waals surface area (Å²) >= 11 is 0. The van der Waals surface area contributed by atoms with Gasteiger partial charge < -0.3 is 9.80 Å². The number of hydrogen-bond acceptors (Lipinski definition) is 4. The summed E-state index contributed by atoms with van der Waals surface area (Å²) in [4.78, 5) is 16.6. The van der Waals surface area contributed by atoms with Crippen LogP contribution < -0.4 is 4.90 Å². The minimum Gasteiger partial charge on any atom is -0.368 e. The van der Waals surface area contributed by atoms with Crippen molar-refractivity contribution in [3.05, 3.63) is 29.8 Å². The van der Waals surface area contributed by atoms with E-state index in [1.807, 2.05) is 4.90 Å². The first-order valence-corrected chi connectivity index (χ1v) is 10.8. The fourth-order valence-corrected chi connectivity index (χ4v) is 4.56. The van der Waals surface area contributed by atoms with E-state index in [0.29, 0.717) is 19.6 Å². The van der Waals surface area contributed by atoms with Gasteiger partial charge in [-0.2, -0.15) is 4.31 Å². The predicted molar refractivity (Wildman–Crippen MR) is 99.2 cm³/mol. The van der Waals surface area contributed by atoms with Crippen LogP contribution in [0.1, 0.15) is 24.8 Å². The maximum Gasteiger partial charge on any atom is 0.224 e. The minimum atomic E-state index is -3.22. The third-order valence-electron chi connectivity index (χ3n) is 4.93. The largest absolute Gasteiger partial charge is 0.368 e. The molecule has 0 atom stereocenters. The maximum atomic E-state index is 12.5. The monoisotopic (exact) mass is 365 g/mol. The summed E-state index contributed by atoms with van der Waals surface area (Å²) in [7, 11) is -3.22. The van der Waals surface area contributed by atoms with E-state index in [1.165, 1.54) is 21.8 Å². The molecule has 1 heterocycles. The lowest BCUT2D eigenvalue weighted by Gasteiger charge is -2.36. The van der Waals surface area contributed by atoms with E-state index < -0.39 is 10.0 Å². The molecule has 0 unspecified atom stereocenters. The Morgan fingerprint density at radius 1 is 1.20 bits per heavy atom. The van der Waals surface area contributed by atoms with Crippen LogP contribution in [-0.4, -0.2) is 68.6 Å². The van der Waals surface area contributed by atoms with Crippen molar-refractivity contribution in [3.8, 4) is 0 Å². The Balaban J connectivity index is 1.50. The van der Waals surface area contributed by atoms with Crippen molar-refractivity contribution >= 4 is 21.6 Å². The number of carbonyl (C=O) groups excluding carboxylic acids is 1. The molecule has 1 saturated carbocycles. The Bertz CT molecular complexity index is 723. The van der Waals surface area contributed by atoms with E-state index in [4.69, 9.17) is 0 Å². The molecule has 1 amide bonds. The van der Waals surface area contributed by atoms with Gasteiger partial charge in [-0.15, -0.1) is 0 Å². The Kier molecular flexibility index (Phi) is 5.34. The predicted octanol–water partition coefficient (Wildman–Crippen LogP) is 1.46. The van der Waals surface area contributed by atoms with Gasteiger partial charge in [0, 0.05) is 50.9 Å². The molecule has 138 valence electrons. The first-order valence-electron chi connectivity index (χ1n) is 8.91. The molecular weight excluding hydrogens is 338 g/mol. The highest BCUT2D eigenvalue weighted by Gasteiger charge is 2.35. The van der Waals surface area contributed by atoms with Crippen molar-refractivity contribution in [3.63, 3.8) is 0 Å². The number of aryl methyl sites for hydroxylation is 1. The fraction of sp³-hybridized carbons (Fsp3) is 0.611. The summed E-state index contributed by atoms with van der Waals surface area (Å²) in [5.41, 5.74) is 2.43. The van der Waals surface area contributed by atoms with E-state index in [1.54, 1.807) is 0 Å². The highest BCUT2D eigenvalue weighted by atomic mass is 32.2. The van der Waals surface area contributed by atoms with E-state index in [9.17, 15) is 13.2 Å². The zero-order chi connectivity index (χ0) is 18.0. The summed E-state index contributed by atoms with van der Waals surface area (Å²) in [5.74, 6) is 0.0539. The van der Waals surface area contributed by atoms with Gasteiger partial charge in [-0.05, 0) is 37.5 Å². The smallest absolute Gasteiger partial charge is 0.224 e. The number of nitrogens with zero attached hydrogens (tertiary/aromatic N) is 3. The van der Waals surface area contributed by atoms with Crippen molar-refractivity contribution in [1.29, 1.82) is 0 Å². The first kappa shape index (κ1) is 18.2. The molecule has 1 aliphatic heterocycles. The highest BCUT2D eigenvalue weighted by molar-refractivity contribution is 7.88. The molecule has 7 heteroatoms.